The number of carbonyl (C=O) groups excluding carboxylic acids is 1. The van der Waals surface area contributed by atoms with Crippen molar-refractivity contribution in [1.82, 2.24) is 4.90 Å². The molecule has 3 fully saturated rings. The summed E-state index contributed by atoms with van der Waals surface area (Å²) in [5.74, 6) is -2.85. The van der Waals surface area contributed by atoms with Gasteiger partial charge in [0.2, 0.25) is 12.4 Å². The van der Waals surface area contributed by atoms with Crippen LogP contribution in [0.15, 0.2) is 60.9 Å². The quantitative estimate of drug-likeness (QED) is 0.112. The molecular formula is C35H33Cl2F3N3O7S+. The van der Waals surface area contributed by atoms with Gasteiger partial charge in [0.25, 0.3) is 0 Å². The molecule has 1 amide bonds. The molecule has 270 valence electrons. The van der Waals surface area contributed by atoms with Gasteiger partial charge in [-0.1, -0.05) is 41.4 Å². The standard InChI is InChI=1S/C35H32Cl2F3N3O7S/c1-48-30-12-20(6-7-29(30)49-34(39)40)22(14-24-25(36)16-42(47)17-26(24)37)23-13-21(51-32(23)33(44)45)15-43(28-5-3-2-4-27(28)38)35(46)50-31-18-41-10-8-19(31)9-11-41/h2-7,12-13,16-17,19,22,31,34H,8-11,14-15,18H2,1H3,(H-,44,45,47)/p+1/t22-,31-/m0/s1. The molecule has 5 heterocycles. The van der Waals surface area contributed by atoms with Crippen LogP contribution >= 0.6 is 34.5 Å². The maximum atomic E-state index is 15.3. The fourth-order valence-electron chi connectivity index (χ4n) is 6.71. The maximum absolute atomic E-state index is 15.3. The molecule has 4 aromatic rings. The molecule has 3 aliphatic rings. The Balaban J connectivity index is 1.41. The molecule has 0 aliphatic carbocycles. The van der Waals surface area contributed by atoms with Gasteiger partial charge in [-0.3, -0.25) is 15.0 Å². The number of piperidine rings is 3. The zero-order valence-electron chi connectivity index (χ0n) is 27.1. The molecule has 2 aromatic carbocycles. The molecule has 0 radical (unpaired) electrons. The summed E-state index contributed by atoms with van der Waals surface area (Å²) in [6.45, 7) is -0.901. The molecule has 10 nitrogen and oxygen atoms in total. The van der Waals surface area contributed by atoms with E-state index in [1.807, 2.05) is 0 Å². The molecule has 2 bridgehead atoms. The number of anilines is 1. The average molecular weight is 768 g/mol. The van der Waals surface area contributed by atoms with Crippen LogP contribution in [0.3, 0.4) is 0 Å². The van der Waals surface area contributed by atoms with E-state index < -0.39 is 30.4 Å². The van der Waals surface area contributed by atoms with Gasteiger partial charge in [0, 0.05) is 27.6 Å². The van der Waals surface area contributed by atoms with Crippen LogP contribution in [0.4, 0.5) is 23.7 Å². The summed E-state index contributed by atoms with van der Waals surface area (Å²) in [6, 6.07) is 11.6. The third-order valence-corrected chi connectivity index (χ3v) is 11.0. The number of aromatic carboxylic acids is 1. The van der Waals surface area contributed by atoms with Gasteiger partial charge in [-0.15, -0.1) is 11.3 Å². The lowest BCUT2D eigenvalue weighted by Gasteiger charge is -2.44. The minimum Gasteiger partial charge on any atom is -0.493 e. The van der Waals surface area contributed by atoms with E-state index in [1.54, 1.807) is 12.1 Å². The second kappa shape index (κ2) is 15.6. The first-order valence-corrected chi connectivity index (χ1v) is 17.5. The van der Waals surface area contributed by atoms with Crippen molar-refractivity contribution in [2.75, 3.05) is 31.6 Å². The number of aromatic nitrogens is 1. The van der Waals surface area contributed by atoms with Crippen LogP contribution in [0.5, 0.6) is 11.5 Å². The summed E-state index contributed by atoms with van der Waals surface area (Å²) < 4.78 is 58.1. The van der Waals surface area contributed by atoms with Crippen LogP contribution in [-0.2, 0) is 17.7 Å². The molecule has 3 aliphatic heterocycles. The largest absolute Gasteiger partial charge is 0.493 e. The zero-order chi connectivity index (χ0) is 36.4. The number of fused-ring (bicyclic) bond motifs is 3. The highest BCUT2D eigenvalue weighted by Gasteiger charge is 2.38. The van der Waals surface area contributed by atoms with Crippen LogP contribution in [0, 0.1) is 11.7 Å². The molecule has 0 unspecified atom stereocenters. The number of carboxylic acids is 1. The van der Waals surface area contributed by atoms with Gasteiger partial charge < -0.3 is 19.3 Å². The van der Waals surface area contributed by atoms with Crippen molar-refractivity contribution in [3.05, 3.63) is 103 Å². The van der Waals surface area contributed by atoms with E-state index in [-0.39, 0.29) is 62.7 Å². The van der Waals surface area contributed by atoms with E-state index in [0.717, 1.165) is 42.2 Å². The Morgan fingerprint density at radius 1 is 1.08 bits per heavy atom. The number of pyridine rings is 1. The second-order valence-corrected chi connectivity index (χ2v) is 14.2. The lowest BCUT2D eigenvalue weighted by Crippen LogP contribution is -2.53. The minimum absolute atomic E-state index is 0.00813. The molecule has 7 rings (SSSR count). The second-order valence-electron chi connectivity index (χ2n) is 12.3. The molecular weight excluding hydrogens is 734 g/mol. The SMILES string of the molecule is COc1cc([C@H](Cc2c(Cl)c[n+](O)cc2Cl)c2cc(CN(C(=O)O[C@H]3CN4CCC3CC4)c3ccccc3F)sc2C(=O)O)ccc1OC(F)F. The molecule has 16 heteroatoms. The monoisotopic (exact) mass is 766 g/mol. The predicted molar refractivity (Wildman–Crippen MR) is 182 cm³/mol. The summed E-state index contributed by atoms with van der Waals surface area (Å²) in [5.41, 5.74) is 1.03. The number of carbonyl (C=O) groups is 2. The number of alkyl halides is 2. The molecule has 0 spiro atoms. The van der Waals surface area contributed by atoms with Crippen molar-refractivity contribution in [1.29, 1.82) is 0 Å². The number of thiophene rings is 1. The highest BCUT2D eigenvalue weighted by Crippen LogP contribution is 2.42. The molecule has 51 heavy (non-hydrogen) atoms. The van der Waals surface area contributed by atoms with Crippen molar-refractivity contribution in [2.24, 2.45) is 5.92 Å². The van der Waals surface area contributed by atoms with E-state index in [0.29, 0.717) is 27.3 Å². The Morgan fingerprint density at radius 3 is 2.39 bits per heavy atom. The third-order valence-electron chi connectivity index (χ3n) is 9.19. The van der Waals surface area contributed by atoms with E-state index in [2.05, 4.69) is 9.64 Å². The summed E-state index contributed by atoms with van der Waals surface area (Å²) >= 11 is 13.9. The zero-order valence-corrected chi connectivity index (χ0v) is 29.4. The van der Waals surface area contributed by atoms with Crippen LogP contribution in [0.1, 0.15) is 50.0 Å². The maximum Gasteiger partial charge on any atom is 0.415 e. The lowest BCUT2D eigenvalue weighted by atomic mass is 9.85. The Labute approximate surface area is 305 Å². The van der Waals surface area contributed by atoms with Gasteiger partial charge >= 0.3 is 18.7 Å². The number of rotatable bonds is 12. The first-order chi connectivity index (χ1) is 24.4. The van der Waals surface area contributed by atoms with Crippen molar-refractivity contribution in [3.8, 4) is 11.5 Å². The van der Waals surface area contributed by atoms with E-state index in [9.17, 15) is 28.7 Å². The number of nitrogens with zero attached hydrogens (tertiary/aromatic N) is 3. The van der Waals surface area contributed by atoms with E-state index in [4.69, 9.17) is 32.7 Å². The van der Waals surface area contributed by atoms with Crippen LogP contribution in [-0.4, -0.2) is 66.7 Å². The Hall–Kier alpha value is -4.24. The van der Waals surface area contributed by atoms with Gasteiger partial charge in [-0.25, -0.2) is 14.0 Å². The minimum atomic E-state index is -3.12. The number of halogens is 5. The number of hydrogen-bond donors (Lipinski definition) is 2. The molecule has 2 aromatic heterocycles. The third kappa shape index (κ3) is 8.14. The van der Waals surface area contributed by atoms with Crippen molar-refractivity contribution >= 4 is 52.3 Å². The normalized spacial score (nSPS) is 18.8. The first kappa shape index (κ1) is 36.5. The predicted octanol–water partition coefficient (Wildman–Crippen LogP) is 7.64. The van der Waals surface area contributed by atoms with Crippen LogP contribution in [0.2, 0.25) is 10.0 Å². The van der Waals surface area contributed by atoms with E-state index in [1.165, 1.54) is 55.9 Å². The van der Waals surface area contributed by atoms with Crippen LogP contribution < -0.4 is 19.1 Å². The molecule has 2 atom stereocenters. The highest BCUT2D eigenvalue weighted by atomic mass is 35.5. The lowest BCUT2D eigenvalue weighted by molar-refractivity contribution is -0.904. The number of ether oxygens (including phenoxy) is 3. The number of para-hydroxylation sites is 1. The summed E-state index contributed by atoms with van der Waals surface area (Å²) in [4.78, 5) is 30.3. The van der Waals surface area contributed by atoms with Crippen molar-refractivity contribution < 1.29 is 52.0 Å². The first-order valence-electron chi connectivity index (χ1n) is 15.9. The average Bonchev–Trinajstić information content (AvgIpc) is 3.52. The smallest absolute Gasteiger partial charge is 0.415 e. The van der Waals surface area contributed by atoms with Gasteiger partial charge in [0.05, 0.1) is 19.3 Å². The Morgan fingerprint density at radius 2 is 1.78 bits per heavy atom. The van der Waals surface area contributed by atoms with Gasteiger partial charge in [-0.05, 0) is 79.7 Å². The molecule has 2 N–H and O–H groups in total. The Kier molecular flexibility index (Phi) is 11.2. The van der Waals surface area contributed by atoms with Gasteiger partial charge in [0.1, 0.15) is 26.8 Å². The van der Waals surface area contributed by atoms with Gasteiger partial charge in [-0.2, -0.15) is 8.78 Å². The fraction of sp³-hybridized carbons (Fsp3) is 0.343. The van der Waals surface area contributed by atoms with Crippen LogP contribution in [0.25, 0.3) is 0 Å². The number of benzene rings is 2. The van der Waals surface area contributed by atoms with E-state index >= 15 is 4.39 Å². The Bertz CT molecular complexity index is 1900. The summed E-state index contributed by atoms with van der Waals surface area (Å²) in [6.07, 6.45) is 3.07. The number of carboxylic acid groups (broad SMARTS) is 1. The number of amides is 1. The number of methoxy groups -OCH3 is 1. The topological polar surface area (TPSA) is 113 Å². The molecule has 0 saturated carbocycles. The fourth-order valence-corrected chi connectivity index (χ4v) is 8.37. The van der Waals surface area contributed by atoms with Crippen molar-refractivity contribution in [3.63, 3.8) is 0 Å². The summed E-state index contributed by atoms with van der Waals surface area (Å²) in [7, 11) is 1.27. The molecule has 3 saturated heterocycles. The highest BCUT2D eigenvalue weighted by molar-refractivity contribution is 7.14. The number of hydrogen-bond acceptors (Lipinski definition) is 8. The van der Waals surface area contributed by atoms with Gasteiger partial charge in [0.15, 0.2) is 11.5 Å². The summed E-state index contributed by atoms with van der Waals surface area (Å²) in [5, 5.41) is 20.6. The van der Waals surface area contributed by atoms with Crippen molar-refractivity contribution in [2.45, 2.75) is 44.4 Å².